The van der Waals surface area contributed by atoms with Gasteiger partial charge in [0.1, 0.15) is 0 Å². The number of hydrogen-bond acceptors (Lipinski definition) is 3. The van der Waals surface area contributed by atoms with Crippen molar-refractivity contribution in [3.63, 3.8) is 0 Å². The molecule has 1 heterocycles. The van der Waals surface area contributed by atoms with Crippen LogP contribution in [0.2, 0.25) is 0 Å². The molecule has 4 aromatic carbocycles. The van der Waals surface area contributed by atoms with E-state index in [1.54, 1.807) is 0 Å². The molecule has 1 aliphatic heterocycles. The topological polar surface area (TPSA) is 32.7 Å². The molecule has 0 spiro atoms. The third-order valence-corrected chi connectivity index (χ3v) is 6.61. The quantitative estimate of drug-likeness (QED) is 0.517. The first-order valence-electron chi connectivity index (χ1n) is 10.0. The lowest BCUT2D eigenvalue weighted by atomic mass is 9.79. The van der Waals surface area contributed by atoms with Gasteiger partial charge in [-0.1, -0.05) is 42.5 Å². The van der Waals surface area contributed by atoms with Crippen molar-refractivity contribution in [3.8, 4) is 0 Å². The molecule has 3 heteroatoms. The fraction of sp³-hybridized carbons (Fsp3) is 0.333. The van der Waals surface area contributed by atoms with E-state index in [0.717, 1.165) is 39.1 Å². The third-order valence-electron chi connectivity index (χ3n) is 6.61. The van der Waals surface area contributed by atoms with Gasteiger partial charge in [0.15, 0.2) is 0 Å². The largest absolute Gasteiger partial charge is 0.391 e. The minimum Gasteiger partial charge on any atom is -0.391 e. The number of fused-ring (bicyclic) bond motifs is 2. The second-order valence-corrected chi connectivity index (χ2v) is 8.00. The van der Waals surface area contributed by atoms with E-state index in [9.17, 15) is 5.11 Å². The smallest absolute Gasteiger partial charge is 0.0740 e. The highest BCUT2D eigenvalue weighted by atomic mass is 16.5. The Hall–Kier alpha value is -2.20. The van der Waals surface area contributed by atoms with Gasteiger partial charge >= 0.3 is 0 Å². The summed E-state index contributed by atoms with van der Waals surface area (Å²) in [7, 11) is 0. The zero-order valence-corrected chi connectivity index (χ0v) is 15.3. The summed E-state index contributed by atoms with van der Waals surface area (Å²) in [5.41, 5.74) is 2.75. The third kappa shape index (κ3) is 2.26. The Labute approximate surface area is 158 Å². The van der Waals surface area contributed by atoms with Crippen molar-refractivity contribution < 1.29 is 9.84 Å². The monoisotopic (exact) mass is 357 g/mol. The van der Waals surface area contributed by atoms with Crippen molar-refractivity contribution in [3.05, 3.63) is 59.7 Å². The second kappa shape index (κ2) is 5.90. The number of nitrogens with zero attached hydrogens (tertiary/aromatic N) is 1. The average molecular weight is 357 g/mol. The molecule has 0 saturated carbocycles. The van der Waals surface area contributed by atoms with E-state index in [4.69, 9.17) is 4.74 Å². The first kappa shape index (κ1) is 15.8. The normalized spacial score (nSPS) is 24.0. The van der Waals surface area contributed by atoms with Crippen molar-refractivity contribution in [1.82, 2.24) is 4.90 Å². The van der Waals surface area contributed by atoms with E-state index in [2.05, 4.69) is 53.4 Å². The second-order valence-electron chi connectivity index (χ2n) is 8.00. The summed E-state index contributed by atoms with van der Waals surface area (Å²) in [5.74, 6) is 0. The van der Waals surface area contributed by atoms with Crippen LogP contribution in [-0.4, -0.2) is 42.4 Å². The number of benzene rings is 4. The van der Waals surface area contributed by atoms with Crippen molar-refractivity contribution in [2.24, 2.45) is 0 Å². The van der Waals surface area contributed by atoms with Gasteiger partial charge in [-0.2, -0.15) is 0 Å². The van der Waals surface area contributed by atoms with E-state index in [1.807, 2.05) is 0 Å². The summed E-state index contributed by atoms with van der Waals surface area (Å²) in [6.45, 7) is 3.30. The first-order chi connectivity index (χ1) is 13.3. The zero-order valence-electron chi connectivity index (χ0n) is 15.3. The fourth-order valence-corrected chi connectivity index (χ4v) is 5.39. The molecule has 2 atom stereocenters. The van der Waals surface area contributed by atoms with Crippen molar-refractivity contribution in [1.29, 1.82) is 0 Å². The maximum absolute atomic E-state index is 10.9. The number of rotatable bonds is 1. The van der Waals surface area contributed by atoms with Crippen molar-refractivity contribution in [2.45, 2.75) is 25.0 Å². The maximum Gasteiger partial charge on any atom is 0.0740 e. The summed E-state index contributed by atoms with van der Waals surface area (Å²) in [6, 6.07) is 18.0. The fourth-order valence-electron chi connectivity index (χ4n) is 5.39. The molecule has 1 fully saturated rings. The van der Waals surface area contributed by atoms with Gasteiger partial charge in [-0.05, 0) is 62.4 Å². The SMILES string of the molecule is O[C@@H]1CCc2c(cc3ccc4cccc5ccc2c3c45)[C@@H]1N1CCOCC1. The molecule has 1 aliphatic carbocycles. The van der Waals surface area contributed by atoms with E-state index in [-0.39, 0.29) is 12.1 Å². The highest BCUT2D eigenvalue weighted by Gasteiger charge is 2.35. The van der Waals surface area contributed by atoms with Gasteiger partial charge in [0.2, 0.25) is 0 Å². The Balaban J connectivity index is 1.65. The van der Waals surface area contributed by atoms with Crippen molar-refractivity contribution >= 4 is 32.3 Å². The standard InChI is InChI=1S/C24H23NO2/c26-21-9-8-18-19-7-6-16-3-1-2-15-4-5-17(23(19)22(15)16)14-20(18)24(21)25-10-12-27-13-11-25/h1-7,14,21,24,26H,8-13H2/t21-,24+/m1/s1. The molecule has 0 bridgehead atoms. The molecule has 6 rings (SSSR count). The highest BCUT2D eigenvalue weighted by molar-refractivity contribution is 6.23. The molecule has 0 unspecified atom stereocenters. The lowest BCUT2D eigenvalue weighted by Gasteiger charge is -2.41. The maximum atomic E-state index is 10.9. The number of aliphatic hydroxyl groups excluding tert-OH is 1. The summed E-state index contributed by atoms with van der Waals surface area (Å²) < 4.78 is 5.55. The van der Waals surface area contributed by atoms with Crippen LogP contribution in [0.25, 0.3) is 32.3 Å². The van der Waals surface area contributed by atoms with Crippen LogP contribution in [0.3, 0.4) is 0 Å². The van der Waals surface area contributed by atoms with Crippen LogP contribution in [0.15, 0.2) is 48.5 Å². The number of aryl methyl sites for hydroxylation is 1. The molecule has 1 N–H and O–H groups in total. The van der Waals surface area contributed by atoms with Crippen LogP contribution in [0.4, 0.5) is 0 Å². The Morgan fingerprint density at radius 3 is 2.44 bits per heavy atom. The lowest BCUT2D eigenvalue weighted by Crippen LogP contribution is -2.45. The van der Waals surface area contributed by atoms with Gasteiger partial charge in [0.25, 0.3) is 0 Å². The van der Waals surface area contributed by atoms with E-state index in [0.29, 0.717) is 0 Å². The van der Waals surface area contributed by atoms with E-state index in [1.165, 1.54) is 43.4 Å². The molecule has 3 nitrogen and oxygen atoms in total. The predicted molar refractivity (Wildman–Crippen MR) is 110 cm³/mol. The Morgan fingerprint density at radius 2 is 1.63 bits per heavy atom. The Bertz CT molecular complexity index is 1130. The van der Waals surface area contributed by atoms with Gasteiger partial charge in [-0.15, -0.1) is 0 Å². The van der Waals surface area contributed by atoms with Crippen LogP contribution >= 0.6 is 0 Å². The summed E-state index contributed by atoms with van der Waals surface area (Å²) in [4.78, 5) is 2.42. The van der Waals surface area contributed by atoms with Crippen LogP contribution in [-0.2, 0) is 11.2 Å². The van der Waals surface area contributed by atoms with Crippen LogP contribution in [0.1, 0.15) is 23.6 Å². The summed E-state index contributed by atoms with van der Waals surface area (Å²) in [5, 5.41) is 18.9. The zero-order chi connectivity index (χ0) is 18.0. The van der Waals surface area contributed by atoms with E-state index >= 15 is 0 Å². The predicted octanol–water partition coefficient (Wildman–Crippen LogP) is 4.26. The Morgan fingerprint density at radius 1 is 0.889 bits per heavy atom. The molecular formula is C24H23NO2. The van der Waals surface area contributed by atoms with E-state index < -0.39 is 0 Å². The summed E-state index contributed by atoms with van der Waals surface area (Å²) >= 11 is 0. The highest BCUT2D eigenvalue weighted by Crippen LogP contribution is 2.43. The molecule has 2 aliphatic rings. The van der Waals surface area contributed by atoms with Crippen LogP contribution in [0, 0.1) is 0 Å². The molecule has 0 radical (unpaired) electrons. The number of aliphatic hydroxyl groups is 1. The minimum atomic E-state index is -0.302. The van der Waals surface area contributed by atoms with Gasteiger partial charge in [-0.25, -0.2) is 0 Å². The minimum absolute atomic E-state index is 0.0829. The number of morpholine rings is 1. The molecule has 0 amide bonds. The lowest BCUT2D eigenvalue weighted by molar-refractivity contribution is -0.0282. The Kier molecular flexibility index (Phi) is 3.46. The number of ether oxygens (including phenoxy) is 1. The van der Waals surface area contributed by atoms with Crippen molar-refractivity contribution in [2.75, 3.05) is 26.3 Å². The van der Waals surface area contributed by atoms with Gasteiger partial charge < -0.3 is 9.84 Å². The number of hydrogen-bond donors (Lipinski definition) is 1. The molecule has 27 heavy (non-hydrogen) atoms. The summed E-state index contributed by atoms with van der Waals surface area (Å²) in [6.07, 6.45) is 1.48. The van der Waals surface area contributed by atoms with Crippen LogP contribution < -0.4 is 0 Å². The van der Waals surface area contributed by atoms with Gasteiger partial charge in [0.05, 0.1) is 25.4 Å². The molecule has 1 saturated heterocycles. The van der Waals surface area contributed by atoms with Gasteiger partial charge in [0, 0.05) is 13.1 Å². The molecule has 136 valence electrons. The molecule has 0 aromatic heterocycles. The average Bonchev–Trinajstić information content (AvgIpc) is 2.72. The molecule has 4 aromatic rings. The molecular weight excluding hydrogens is 334 g/mol. The first-order valence-corrected chi connectivity index (χ1v) is 10.0. The van der Waals surface area contributed by atoms with Crippen LogP contribution in [0.5, 0.6) is 0 Å². The van der Waals surface area contributed by atoms with Gasteiger partial charge in [-0.3, -0.25) is 4.90 Å².